The van der Waals surface area contributed by atoms with Crippen molar-refractivity contribution in [2.75, 3.05) is 63.9 Å². The van der Waals surface area contributed by atoms with Gasteiger partial charge in [-0.15, -0.1) is 0 Å². The molecule has 2 saturated heterocycles. The quantitative estimate of drug-likeness (QED) is 0.679. The molecule has 160 valence electrons. The Morgan fingerprint density at radius 3 is 2.77 bits per heavy atom. The van der Waals surface area contributed by atoms with Crippen molar-refractivity contribution >= 4 is 11.7 Å². The zero-order valence-corrected chi connectivity index (χ0v) is 17.4. The van der Waals surface area contributed by atoms with Gasteiger partial charge in [-0.3, -0.25) is 9.69 Å². The molecule has 1 amide bonds. The molecule has 0 saturated carbocycles. The average Bonchev–Trinajstić information content (AvgIpc) is 2.83. The van der Waals surface area contributed by atoms with Gasteiger partial charge >= 0.3 is 0 Å². The lowest BCUT2D eigenvalue weighted by Gasteiger charge is -2.35. The third kappa shape index (κ3) is 5.56. The fourth-order valence-electron chi connectivity index (χ4n) is 4.01. The molecule has 2 aromatic rings. The molecule has 2 fully saturated rings. The summed E-state index contributed by atoms with van der Waals surface area (Å²) >= 11 is 0. The SMILES string of the molecule is O=C(NCCCN1CCOCC1)c1cccc(N2CCNC(c3ccccc3)C2)n1. The summed E-state index contributed by atoms with van der Waals surface area (Å²) in [6, 6.07) is 16.4. The first-order chi connectivity index (χ1) is 14.8. The summed E-state index contributed by atoms with van der Waals surface area (Å²) in [6.45, 7) is 7.81. The predicted molar refractivity (Wildman–Crippen MR) is 118 cm³/mol. The van der Waals surface area contributed by atoms with Crippen LogP contribution in [-0.2, 0) is 4.74 Å². The van der Waals surface area contributed by atoms with Crippen LogP contribution in [0.5, 0.6) is 0 Å². The molecule has 2 aliphatic heterocycles. The van der Waals surface area contributed by atoms with E-state index in [1.165, 1.54) is 5.56 Å². The van der Waals surface area contributed by atoms with Crippen LogP contribution < -0.4 is 15.5 Å². The monoisotopic (exact) mass is 409 g/mol. The number of rotatable bonds is 7. The van der Waals surface area contributed by atoms with Crippen LogP contribution in [0, 0.1) is 0 Å². The maximum absolute atomic E-state index is 12.6. The van der Waals surface area contributed by atoms with Crippen molar-refractivity contribution in [3.05, 3.63) is 59.8 Å². The fraction of sp³-hybridized carbons (Fsp3) is 0.478. The van der Waals surface area contributed by atoms with Gasteiger partial charge in [0.25, 0.3) is 5.91 Å². The Bertz CT molecular complexity index is 810. The van der Waals surface area contributed by atoms with Gasteiger partial charge in [-0.2, -0.15) is 0 Å². The molecule has 4 rings (SSSR count). The highest BCUT2D eigenvalue weighted by molar-refractivity contribution is 5.92. The summed E-state index contributed by atoms with van der Waals surface area (Å²) in [5.74, 6) is 0.756. The van der Waals surface area contributed by atoms with E-state index in [0.717, 1.165) is 64.7 Å². The minimum Gasteiger partial charge on any atom is -0.379 e. The highest BCUT2D eigenvalue weighted by Crippen LogP contribution is 2.21. The molecule has 7 heteroatoms. The molecule has 0 bridgehead atoms. The van der Waals surface area contributed by atoms with E-state index in [2.05, 4.69) is 49.7 Å². The van der Waals surface area contributed by atoms with Gasteiger partial charge in [0.2, 0.25) is 0 Å². The van der Waals surface area contributed by atoms with Crippen molar-refractivity contribution in [3.8, 4) is 0 Å². The number of piperazine rings is 1. The summed E-state index contributed by atoms with van der Waals surface area (Å²) in [5, 5.41) is 6.59. The zero-order chi connectivity index (χ0) is 20.6. The van der Waals surface area contributed by atoms with Crippen LogP contribution in [0.25, 0.3) is 0 Å². The molecule has 30 heavy (non-hydrogen) atoms. The number of carbonyl (C=O) groups is 1. The summed E-state index contributed by atoms with van der Waals surface area (Å²) in [6.07, 6.45) is 0.933. The first-order valence-electron chi connectivity index (χ1n) is 10.9. The average molecular weight is 410 g/mol. The molecule has 2 N–H and O–H groups in total. The number of anilines is 1. The maximum atomic E-state index is 12.6. The van der Waals surface area contributed by atoms with E-state index in [-0.39, 0.29) is 11.9 Å². The van der Waals surface area contributed by atoms with E-state index in [0.29, 0.717) is 12.2 Å². The number of aromatic nitrogens is 1. The van der Waals surface area contributed by atoms with Gasteiger partial charge in [-0.1, -0.05) is 36.4 Å². The van der Waals surface area contributed by atoms with Gasteiger partial charge in [0.15, 0.2) is 0 Å². The number of carbonyl (C=O) groups excluding carboxylic acids is 1. The van der Waals surface area contributed by atoms with E-state index < -0.39 is 0 Å². The smallest absolute Gasteiger partial charge is 0.269 e. The lowest BCUT2D eigenvalue weighted by atomic mass is 10.0. The lowest BCUT2D eigenvalue weighted by Crippen LogP contribution is -2.46. The van der Waals surface area contributed by atoms with Crippen LogP contribution in [0.2, 0.25) is 0 Å². The van der Waals surface area contributed by atoms with Crippen molar-refractivity contribution in [2.45, 2.75) is 12.5 Å². The number of nitrogens with one attached hydrogen (secondary N) is 2. The van der Waals surface area contributed by atoms with Crippen LogP contribution in [0.15, 0.2) is 48.5 Å². The molecular weight excluding hydrogens is 378 g/mol. The number of nitrogens with zero attached hydrogens (tertiary/aromatic N) is 3. The molecule has 1 aromatic carbocycles. The standard InChI is InChI=1S/C23H31N5O2/c29-23(25-10-5-12-27-14-16-30-17-15-27)20-8-4-9-22(26-20)28-13-11-24-21(18-28)19-6-2-1-3-7-19/h1-4,6-9,21,24H,5,10-18H2,(H,25,29). The minimum absolute atomic E-state index is 0.103. The minimum atomic E-state index is -0.103. The molecule has 0 spiro atoms. The van der Waals surface area contributed by atoms with Crippen LogP contribution in [0.1, 0.15) is 28.5 Å². The van der Waals surface area contributed by atoms with Crippen molar-refractivity contribution < 1.29 is 9.53 Å². The number of morpholine rings is 1. The fourth-order valence-corrected chi connectivity index (χ4v) is 4.01. The summed E-state index contributed by atoms with van der Waals surface area (Å²) in [7, 11) is 0. The van der Waals surface area contributed by atoms with E-state index in [1.807, 2.05) is 18.2 Å². The first kappa shape index (κ1) is 20.8. The summed E-state index contributed by atoms with van der Waals surface area (Å²) in [4.78, 5) is 21.9. The Labute approximate surface area is 178 Å². The molecule has 1 unspecified atom stereocenters. The molecule has 3 heterocycles. The number of benzene rings is 1. The molecule has 0 radical (unpaired) electrons. The molecule has 1 aromatic heterocycles. The van der Waals surface area contributed by atoms with Crippen molar-refractivity contribution in [1.82, 2.24) is 20.5 Å². The number of ether oxygens (including phenoxy) is 1. The normalized spacial score (nSPS) is 20.1. The third-order valence-electron chi connectivity index (χ3n) is 5.71. The van der Waals surface area contributed by atoms with Gasteiger partial charge in [0, 0.05) is 45.3 Å². The van der Waals surface area contributed by atoms with E-state index in [1.54, 1.807) is 6.07 Å². The van der Waals surface area contributed by atoms with Crippen molar-refractivity contribution in [3.63, 3.8) is 0 Å². The number of hydrogen-bond acceptors (Lipinski definition) is 6. The van der Waals surface area contributed by atoms with Crippen LogP contribution in [0.3, 0.4) is 0 Å². The Morgan fingerprint density at radius 1 is 1.10 bits per heavy atom. The van der Waals surface area contributed by atoms with Gasteiger partial charge in [-0.25, -0.2) is 4.98 Å². The molecular formula is C23H31N5O2. The second kappa shape index (κ2) is 10.5. The predicted octanol–water partition coefficient (Wildman–Crippen LogP) is 1.68. The second-order valence-corrected chi connectivity index (χ2v) is 7.81. The molecule has 0 aliphatic carbocycles. The topological polar surface area (TPSA) is 69.7 Å². The number of hydrogen-bond donors (Lipinski definition) is 2. The van der Waals surface area contributed by atoms with Gasteiger partial charge in [-0.05, 0) is 30.7 Å². The van der Waals surface area contributed by atoms with Gasteiger partial charge in [0.05, 0.1) is 13.2 Å². The summed E-state index contributed by atoms with van der Waals surface area (Å²) in [5.41, 5.74) is 1.75. The Hall–Kier alpha value is -2.48. The summed E-state index contributed by atoms with van der Waals surface area (Å²) < 4.78 is 5.37. The highest BCUT2D eigenvalue weighted by atomic mass is 16.5. The molecule has 1 atom stereocenters. The van der Waals surface area contributed by atoms with Crippen molar-refractivity contribution in [2.24, 2.45) is 0 Å². The van der Waals surface area contributed by atoms with Crippen molar-refractivity contribution in [1.29, 1.82) is 0 Å². The lowest BCUT2D eigenvalue weighted by molar-refractivity contribution is 0.0374. The number of amides is 1. The van der Waals surface area contributed by atoms with Gasteiger partial charge in [0.1, 0.15) is 11.5 Å². The van der Waals surface area contributed by atoms with E-state index >= 15 is 0 Å². The van der Waals surface area contributed by atoms with E-state index in [4.69, 9.17) is 4.74 Å². The second-order valence-electron chi connectivity index (χ2n) is 7.81. The molecule has 2 aliphatic rings. The first-order valence-corrected chi connectivity index (χ1v) is 10.9. The maximum Gasteiger partial charge on any atom is 0.269 e. The van der Waals surface area contributed by atoms with E-state index in [9.17, 15) is 4.79 Å². The van der Waals surface area contributed by atoms with Gasteiger partial charge < -0.3 is 20.3 Å². The Balaban J connectivity index is 1.30. The highest BCUT2D eigenvalue weighted by Gasteiger charge is 2.22. The number of pyridine rings is 1. The Morgan fingerprint density at radius 2 is 1.93 bits per heavy atom. The van der Waals surface area contributed by atoms with Crippen LogP contribution >= 0.6 is 0 Å². The molecule has 7 nitrogen and oxygen atoms in total. The zero-order valence-electron chi connectivity index (χ0n) is 17.4. The largest absolute Gasteiger partial charge is 0.379 e. The van der Waals surface area contributed by atoms with Crippen LogP contribution in [0.4, 0.5) is 5.82 Å². The third-order valence-corrected chi connectivity index (χ3v) is 5.71. The Kier molecular flexibility index (Phi) is 7.29. The van der Waals surface area contributed by atoms with Crippen LogP contribution in [-0.4, -0.2) is 74.8 Å².